The minimum atomic E-state index is -1.33. The highest BCUT2D eigenvalue weighted by Crippen LogP contribution is 2.44. The van der Waals surface area contributed by atoms with Gasteiger partial charge in [-0.2, -0.15) is 0 Å². The Labute approximate surface area is 191 Å². The van der Waals surface area contributed by atoms with Crippen molar-refractivity contribution in [2.75, 3.05) is 26.9 Å². The first-order chi connectivity index (χ1) is 15.9. The van der Waals surface area contributed by atoms with Crippen molar-refractivity contribution in [3.63, 3.8) is 0 Å². The summed E-state index contributed by atoms with van der Waals surface area (Å²) in [6.45, 7) is 1.52. The largest absolute Gasteiger partial charge is 0.479 e. The molecule has 9 heteroatoms. The van der Waals surface area contributed by atoms with E-state index in [1.165, 1.54) is 20.1 Å². The van der Waals surface area contributed by atoms with Gasteiger partial charge in [-0.15, -0.1) is 0 Å². The quantitative estimate of drug-likeness (QED) is 0.372. The summed E-state index contributed by atoms with van der Waals surface area (Å²) >= 11 is 0. The summed E-state index contributed by atoms with van der Waals surface area (Å²) in [5.74, 6) is -1.94. The molecule has 0 radical (unpaired) electrons. The Morgan fingerprint density at radius 2 is 1.67 bits per heavy atom. The first-order valence-corrected chi connectivity index (χ1v) is 10.4. The van der Waals surface area contributed by atoms with E-state index in [-0.39, 0.29) is 31.2 Å². The summed E-state index contributed by atoms with van der Waals surface area (Å²) in [5.41, 5.74) is 6.81. The van der Waals surface area contributed by atoms with Crippen LogP contribution in [0.3, 0.4) is 0 Å². The molecule has 0 fully saturated rings. The fourth-order valence-electron chi connectivity index (χ4n) is 3.54. The lowest BCUT2D eigenvalue weighted by Crippen LogP contribution is -2.37. The maximum absolute atomic E-state index is 12.2. The number of hydrogen-bond donors (Lipinski definition) is 3. The number of benzene rings is 2. The lowest BCUT2D eigenvalue weighted by atomic mass is 9.98. The molecule has 3 rings (SSSR count). The number of ether oxygens (including phenoxy) is 2. The summed E-state index contributed by atoms with van der Waals surface area (Å²) in [4.78, 5) is 40.0. The molecule has 3 N–H and O–H groups in total. The molecule has 9 nitrogen and oxygen atoms in total. The average Bonchev–Trinajstić information content (AvgIpc) is 3.13. The number of hydroxylamine groups is 1. The molecule has 2 aromatic rings. The monoisotopic (exact) mass is 454 g/mol. The van der Waals surface area contributed by atoms with Crippen molar-refractivity contribution in [3.8, 4) is 11.1 Å². The second-order valence-corrected chi connectivity index (χ2v) is 7.42. The van der Waals surface area contributed by atoms with Crippen molar-refractivity contribution >= 4 is 18.0 Å². The van der Waals surface area contributed by atoms with Gasteiger partial charge < -0.3 is 19.9 Å². The molecular weight excluding hydrogens is 428 g/mol. The fraction of sp³-hybridized carbons (Fsp3) is 0.292. The van der Waals surface area contributed by atoms with Crippen LogP contribution in [0.1, 0.15) is 24.0 Å². The molecule has 0 saturated heterocycles. The average molecular weight is 454 g/mol. The molecule has 1 aliphatic carbocycles. The van der Waals surface area contributed by atoms with Gasteiger partial charge in [-0.05, 0) is 29.2 Å². The molecule has 0 aliphatic heterocycles. The molecule has 0 aromatic heterocycles. The van der Waals surface area contributed by atoms with Crippen LogP contribution in [0.25, 0.3) is 11.1 Å². The molecular formula is C24H26N2O7. The van der Waals surface area contributed by atoms with Crippen LogP contribution in [0, 0.1) is 0 Å². The smallest absolute Gasteiger partial charge is 0.407 e. The number of amides is 2. The molecule has 1 aliphatic rings. The maximum atomic E-state index is 12.2. The van der Waals surface area contributed by atoms with Crippen LogP contribution in [-0.2, 0) is 23.9 Å². The number of hydrogen-bond acceptors (Lipinski definition) is 6. The maximum Gasteiger partial charge on any atom is 0.407 e. The number of carboxylic acid groups (broad SMARTS) is 1. The zero-order chi connectivity index (χ0) is 23.8. The van der Waals surface area contributed by atoms with Gasteiger partial charge in [-0.25, -0.2) is 15.1 Å². The Kier molecular flexibility index (Phi) is 8.17. The molecule has 2 amide bonds. The summed E-state index contributed by atoms with van der Waals surface area (Å²) in [6.07, 6.45) is -0.471. The number of methoxy groups -OCH3 is 1. The minimum absolute atomic E-state index is 0.0439. The van der Waals surface area contributed by atoms with Gasteiger partial charge in [0, 0.05) is 25.1 Å². The van der Waals surface area contributed by atoms with Gasteiger partial charge in [0.25, 0.3) is 5.91 Å². The Balaban J connectivity index is 1.47. The molecule has 33 heavy (non-hydrogen) atoms. The number of carbonyl (C=O) groups excluding carboxylic acids is 2. The van der Waals surface area contributed by atoms with Crippen molar-refractivity contribution in [3.05, 3.63) is 71.3 Å². The Bertz CT molecular complexity index is 1010. The highest BCUT2D eigenvalue weighted by atomic mass is 16.7. The van der Waals surface area contributed by atoms with Crippen LogP contribution in [0.4, 0.5) is 4.79 Å². The van der Waals surface area contributed by atoms with Crippen LogP contribution in [0.15, 0.2) is 60.2 Å². The fourth-order valence-corrected chi connectivity index (χ4v) is 3.54. The van der Waals surface area contributed by atoms with E-state index in [0.717, 1.165) is 22.3 Å². The molecule has 2 aromatic carbocycles. The van der Waals surface area contributed by atoms with E-state index >= 15 is 0 Å². The number of carbonyl (C=O) groups is 3. The Morgan fingerprint density at radius 1 is 1.06 bits per heavy atom. The highest BCUT2D eigenvalue weighted by molar-refractivity contribution is 5.92. The summed E-state index contributed by atoms with van der Waals surface area (Å²) < 4.78 is 10.1. The minimum Gasteiger partial charge on any atom is -0.479 e. The van der Waals surface area contributed by atoms with Crippen molar-refractivity contribution < 1.29 is 33.8 Å². The summed E-state index contributed by atoms with van der Waals surface area (Å²) in [6, 6.07) is 16.1. The van der Waals surface area contributed by atoms with Crippen molar-refractivity contribution in [2.45, 2.75) is 18.9 Å². The van der Waals surface area contributed by atoms with E-state index in [2.05, 4.69) is 22.9 Å². The van der Waals surface area contributed by atoms with Gasteiger partial charge in [0.15, 0.2) is 0 Å². The first kappa shape index (κ1) is 24.0. The van der Waals surface area contributed by atoms with Gasteiger partial charge >= 0.3 is 12.1 Å². The zero-order valence-electron chi connectivity index (χ0n) is 18.4. The molecule has 174 valence electrons. The van der Waals surface area contributed by atoms with Gasteiger partial charge in [0.05, 0.1) is 6.61 Å². The highest BCUT2D eigenvalue weighted by Gasteiger charge is 2.29. The standard InChI is InChI=1S/C24H26N2O7/c1-15(22(27)26-33-21(14-31-2)23(28)29)11-12-25-24(30)32-13-20-18-9-5-3-7-16(18)17-8-4-6-10-19(17)20/h3-11,20-21H,12-14H2,1-2H3,(H,25,30)(H,26,27)(H,28,29)/b15-11+. The van der Waals surface area contributed by atoms with Gasteiger partial charge in [0.1, 0.15) is 6.61 Å². The third-order valence-corrected chi connectivity index (χ3v) is 5.24. The molecule has 0 spiro atoms. The Morgan fingerprint density at radius 3 is 2.24 bits per heavy atom. The van der Waals surface area contributed by atoms with E-state index in [4.69, 9.17) is 19.4 Å². The van der Waals surface area contributed by atoms with Gasteiger partial charge in [-0.3, -0.25) is 9.63 Å². The van der Waals surface area contributed by atoms with Crippen molar-refractivity contribution in [2.24, 2.45) is 0 Å². The topological polar surface area (TPSA) is 123 Å². The summed E-state index contributed by atoms with van der Waals surface area (Å²) in [7, 11) is 1.32. The number of fused-ring (bicyclic) bond motifs is 3. The van der Waals surface area contributed by atoms with E-state index in [0.29, 0.717) is 0 Å². The van der Waals surface area contributed by atoms with Crippen molar-refractivity contribution in [1.29, 1.82) is 0 Å². The first-order valence-electron chi connectivity index (χ1n) is 10.4. The van der Waals surface area contributed by atoms with E-state index in [1.807, 2.05) is 36.4 Å². The molecule has 0 bridgehead atoms. The third-order valence-electron chi connectivity index (χ3n) is 5.24. The number of rotatable bonds is 10. The summed E-state index contributed by atoms with van der Waals surface area (Å²) in [5, 5.41) is 11.5. The van der Waals surface area contributed by atoms with Crippen molar-refractivity contribution in [1.82, 2.24) is 10.8 Å². The van der Waals surface area contributed by atoms with Crippen LogP contribution in [0.2, 0.25) is 0 Å². The second-order valence-electron chi connectivity index (χ2n) is 7.42. The number of aliphatic carboxylic acids is 1. The third kappa shape index (κ3) is 5.97. The van der Waals surface area contributed by atoms with Gasteiger partial charge in [0.2, 0.25) is 6.10 Å². The van der Waals surface area contributed by atoms with E-state index in [9.17, 15) is 14.4 Å². The second kappa shape index (κ2) is 11.3. The number of carboxylic acids is 1. The molecule has 1 atom stereocenters. The van der Waals surface area contributed by atoms with Crippen LogP contribution in [0.5, 0.6) is 0 Å². The van der Waals surface area contributed by atoms with Crippen LogP contribution < -0.4 is 10.8 Å². The van der Waals surface area contributed by atoms with E-state index < -0.39 is 24.1 Å². The molecule has 0 heterocycles. The Hall–Kier alpha value is -3.69. The van der Waals surface area contributed by atoms with Crippen LogP contribution >= 0.6 is 0 Å². The SMILES string of the molecule is COCC(ONC(=O)/C(C)=C/CNC(=O)OCC1c2ccccc2-c2ccccc21)C(=O)O. The van der Waals surface area contributed by atoms with E-state index in [1.54, 1.807) is 0 Å². The lowest BCUT2D eigenvalue weighted by molar-refractivity contribution is -0.163. The normalized spacial score (nSPS) is 13.6. The number of nitrogens with one attached hydrogen (secondary N) is 2. The molecule has 0 saturated carbocycles. The van der Waals surface area contributed by atoms with Crippen LogP contribution in [-0.4, -0.2) is 56.0 Å². The zero-order valence-corrected chi connectivity index (χ0v) is 18.4. The van der Waals surface area contributed by atoms with Gasteiger partial charge in [-0.1, -0.05) is 54.6 Å². The molecule has 1 unspecified atom stereocenters. The lowest BCUT2D eigenvalue weighted by Gasteiger charge is -2.14. The predicted molar refractivity (Wildman–Crippen MR) is 119 cm³/mol. The predicted octanol–water partition coefficient (Wildman–Crippen LogP) is 2.62. The number of alkyl carbamates (subject to hydrolysis) is 1.